The van der Waals surface area contributed by atoms with E-state index in [2.05, 4.69) is 43.2 Å². The number of carbonyl (C=O) groups excluding carboxylic acids is 1. The maximum atomic E-state index is 12.7. The summed E-state index contributed by atoms with van der Waals surface area (Å²) in [5.74, 6) is 1.57. The van der Waals surface area contributed by atoms with E-state index in [0.29, 0.717) is 28.8 Å². The van der Waals surface area contributed by atoms with E-state index >= 15 is 0 Å². The summed E-state index contributed by atoms with van der Waals surface area (Å²) in [6.07, 6.45) is 2.09. The molecule has 5 nitrogen and oxygen atoms in total. The molecule has 1 heterocycles. The Bertz CT molecular complexity index is 1240. The molecule has 0 saturated heterocycles. The van der Waals surface area contributed by atoms with Gasteiger partial charge in [-0.2, -0.15) is 0 Å². The van der Waals surface area contributed by atoms with Gasteiger partial charge in [-0.15, -0.1) is 0 Å². The summed E-state index contributed by atoms with van der Waals surface area (Å²) in [4.78, 5) is 17.4. The molecule has 4 aromatic rings. The molecule has 0 spiro atoms. The van der Waals surface area contributed by atoms with Gasteiger partial charge in [-0.25, -0.2) is 4.98 Å². The zero-order chi connectivity index (χ0) is 23.4. The van der Waals surface area contributed by atoms with Gasteiger partial charge in [-0.05, 0) is 85.8 Å². The number of benzene rings is 3. The summed E-state index contributed by atoms with van der Waals surface area (Å²) < 4.78 is 11.8. The Hall–Kier alpha value is -3.60. The first-order chi connectivity index (χ1) is 16.0. The lowest BCUT2D eigenvalue weighted by atomic mass is 9.98. The number of anilines is 1. The van der Waals surface area contributed by atoms with Crippen LogP contribution in [0.3, 0.4) is 0 Å². The predicted molar refractivity (Wildman–Crippen MR) is 133 cm³/mol. The van der Waals surface area contributed by atoms with E-state index in [1.807, 2.05) is 49.4 Å². The number of ether oxygens (including phenoxy) is 1. The minimum Gasteiger partial charge on any atom is -0.491 e. The third-order valence-electron chi connectivity index (χ3n) is 5.99. The van der Waals surface area contributed by atoms with Crippen LogP contribution in [0.15, 0.2) is 71.1 Å². The third-order valence-corrected chi connectivity index (χ3v) is 5.99. The smallest absolute Gasteiger partial charge is 0.255 e. The minimum absolute atomic E-state index is 0.101. The number of oxazole rings is 1. The fraction of sp³-hybridized carbons (Fsp3) is 0.286. The van der Waals surface area contributed by atoms with Gasteiger partial charge in [-0.1, -0.05) is 32.9 Å². The number of fused-ring (bicyclic) bond motifs is 1. The normalized spacial score (nSPS) is 13.0. The molecular weight excluding hydrogens is 412 g/mol. The SMILES string of the molecule is CC[C@@H](C)Oc1cccc(C(=O)Nc2ccc(-c3nc4cc([C@H](C)CC)ccc4o3)cc2)c1. The Morgan fingerprint density at radius 1 is 1.00 bits per heavy atom. The van der Waals surface area contributed by atoms with Crippen LogP contribution >= 0.6 is 0 Å². The van der Waals surface area contributed by atoms with Gasteiger partial charge in [0.2, 0.25) is 5.89 Å². The van der Waals surface area contributed by atoms with Crippen LogP contribution in [-0.2, 0) is 0 Å². The number of aromatic nitrogens is 1. The number of rotatable bonds is 8. The number of hydrogen-bond acceptors (Lipinski definition) is 4. The van der Waals surface area contributed by atoms with Crippen molar-refractivity contribution < 1.29 is 13.9 Å². The Morgan fingerprint density at radius 3 is 2.52 bits per heavy atom. The van der Waals surface area contributed by atoms with Crippen LogP contribution in [0.5, 0.6) is 5.75 Å². The zero-order valence-corrected chi connectivity index (χ0v) is 19.6. The van der Waals surface area contributed by atoms with Gasteiger partial charge in [0.1, 0.15) is 11.3 Å². The maximum absolute atomic E-state index is 12.7. The van der Waals surface area contributed by atoms with Crippen molar-refractivity contribution in [1.82, 2.24) is 4.98 Å². The second-order valence-corrected chi connectivity index (χ2v) is 8.45. The molecule has 1 amide bonds. The van der Waals surface area contributed by atoms with E-state index in [-0.39, 0.29) is 12.0 Å². The molecule has 0 bridgehead atoms. The molecule has 1 aromatic heterocycles. The molecule has 0 aliphatic rings. The van der Waals surface area contributed by atoms with Crippen molar-refractivity contribution in [2.45, 2.75) is 52.6 Å². The fourth-order valence-electron chi connectivity index (χ4n) is 3.54. The highest BCUT2D eigenvalue weighted by molar-refractivity contribution is 6.04. The lowest BCUT2D eigenvalue weighted by molar-refractivity contribution is 0.102. The number of amides is 1. The van der Waals surface area contributed by atoms with Gasteiger partial charge >= 0.3 is 0 Å². The highest BCUT2D eigenvalue weighted by atomic mass is 16.5. The Labute approximate surface area is 194 Å². The molecule has 0 unspecified atom stereocenters. The van der Waals surface area contributed by atoms with Crippen LogP contribution in [0.4, 0.5) is 5.69 Å². The van der Waals surface area contributed by atoms with Crippen molar-refractivity contribution >= 4 is 22.7 Å². The van der Waals surface area contributed by atoms with Crippen molar-refractivity contribution in [2.75, 3.05) is 5.32 Å². The van der Waals surface area contributed by atoms with E-state index in [0.717, 1.165) is 29.5 Å². The van der Waals surface area contributed by atoms with Crippen LogP contribution in [0.2, 0.25) is 0 Å². The monoisotopic (exact) mass is 442 g/mol. The standard InChI is InChI=1S/C28H30N2O3/c1-5-18(3)21-12-15-26-25(17-21)30-28(33-26)20-10-13-23(14-11-20)29-27(31)22-8-7-9-24(16-22)32-19(4)6-2/h7-19H,5-6H2,1-4H3,(H,29,31)/t18-,19-/m1/s1. The summed E-state index contributed by atoms with van der Waals surface area (Å²) in [5.41, 5.74) is 5.01. The van der Waals surface area contributed by atoms with E-state index in [9.17, 15) is 4.79 Å². The first-order valence-corrected chi connectivity index (χ1v) is 11.6. The van der Waals surface area contributed by atoms with Crippen LogP contribution in [0.25, 0.3) is 22.6 Å². The molecule has 4 rings (SSSR count). The summed E-state index contributed by atoms with van der Waals surface area (Å²) in [5, 5.41) is 2.94. The molecule has 0 aliphatic carbocycles. The molecule has 33 heavy (non-hydrogen) atoms. The van der Waals surface area contributed by atoms with Crippen LogP contribution in [-0.4, -0.2) is 17.0 Å². The van der Waals surface area contributed by atoms with Crippen LogP contribution < -0.4 is 10.1 Å². The van der Waals surface area contributed by atoms with E-state index in [4.69, 9.17) is 9.15 Å². The van der Waals surface area contributed by atoms with E-state index in [1.165, 1.54) is 5.56 Å². The Morgan fingerprint density at radius 2 is 1.79 bits per heavy atom. The van der Waals surface area contributed by atoms with Gasteiger partial charge in [0.05, 0.1) is 6.10 Å². The Kier molecular flexibility index (Phi) is 6.78. The van der Waals surface area contributed by atoms with E-state index in [1.54, 1.807) is 12.1 Å². The highest BCUT2D eigenvalue weighted by Gasteiger charge is 2.12. The average molecular weight is 443 g/mol. The molecule has 2 atom stereocenters. The lowest BCUT2D eigenvalue weighted by Gasteiger charge is -2.13. The topological polar surface area (TPSA) is 64.4 Å². The zero-order valence-electron chi connectivity index (χ0n) is 19.6. The maximum Gasteiger partial charge on any atom is 0.255 e. The van der Waals surface area contributed by atoms with Crippen LogP contribution in [0.1, 0.15) is 62.4 Å². The number of hydrogen-bond donors (Lipinski definition) is 1. The molecule has 1 N–H and O–H groups in total. The molecule has 0 radical (unpaired) electrons. The molecule has 0 aliphatic heterocycles. The lowest BCUT2D eigenvalue weighted by Crippen LogP contribution is -2.13. The van der Waals surface area contributed by atoms with Crippen molar-refractivity contribution in [3.05, 3.63) is 77.9 Å². The first-order valence-electron chi connectivity index (χ1n) is 11.6. The molecule has 170 valence electrons. The van der Waals surface area contributed by atoms with Crippen LogP contribution in [0, 0.1) is 0 Å². The number of nitrogens with one attached hydrogen (secondary N) is 1. The Balaban J connectivity index is 1.47. The van der Waals surface area contributed by atoms with Gasteiger partial charge in [0, 0.05) is 16.8 Å². The average Bonchev–Trinajstić information content (AvgIpc) is 3.27. The second kappa shape index (κ2) is 9.90. The highest BCUT2D eigenvalue weighted by Crippen LogP contribution is 2.28. The quantitative estimate of drug-likeness (QED) is 0.308. The van der Waals surface area contributed by atoms with Gasteiger partial charge in [-0.3, -0.25) is 4.79 Å². The van der Waals surface area contributed by atoms with Gasteiger partial charge in [0.15, 0.2) is 5.58 Å². The molecule has 3 aromatic carbocycles. The summed E-state index contributed by atoms with van der Waals surface area (Å²) in [7, 11) is 0. The summed E-state index contributed by atoms with van der Waals surface area (Å²) >= 11 is 0. The number of carbonyl (C=O) groups is 1. The van der Waals surface area contributed by atoms with Crippen molar-refractivity contribution in [3.63, 3.8) is 0 Å². The van der Waals surface area contributed by atoms with Gasteiger partial charge in [0.25, 0.3) is 5.91 Å². The molecule has 0 fully saturated rings. The molecule has 5 heteroatoms. The predicted octanol–water partition coefficient (Wildman–Crippen LogP) is 7.44. The van der Waals surface area contributed by atoms with Crippen molar-refractivity contribution in [1.29, 1.82) is 0 Å². The van der Waals surface area contributed by atoms with Gasteiger partial charge < -0.3 is 14.5 Å². The van der Waals surface area contributed by atoms with Crippen molar-refractivity contribution in [2.24, 2.45) is 0 Å². The van der Waals surface area contributed by atoms with Crippen molar-refractivity contribution in [3.8, 4) is 17.2 Å². The largest absolute Gasteiger partial charge is 0.491 e. The minimum atomic E-state index is -0.184. The summed E-state index contributed by atoms with van der Waals surface area (Å²) in [6.45, 7) is 8.47. The molecule has 0 saturated carbocycles. The van der Waals surface area contributed by atoms with E-state index < -0.39 is 0 Å². The summed E-state index contributed by atoms with van der Waals surface area (Å²) in [6, 6.07) is 20.9. The number of nitrogens with zero attached hydrogens (tertiary/aromatic N) is 1. The third kappa shape index (κ3) is 5.25. The molecular formula is C28H30N2O3. The first kappa shape index (κ1) is 22.6. The fourth-order valence-corrected chi connectivity index (χ4v) is 3.54. The second-order valence-electron chi connectivity index (χ2n) is 8.45.